The number of esters is 1. The number of thiazole rings is 1. The highest BCUT2D eigenvalue weighted by atomic mass is 32.1. The molecule has 2 atom stereocenters. The number of carbonyl (C=O) groups excluding carboxylic acids is 3. The summed E-state index contributed by atoms with van der Waals surface area (Å²) in [4.78, 5) is 42.2. The molecule has 0 saturated carbocycles. The fourth-order valence-corrected chi connectivity index (χ4v) is 5.19. The second-order valence-electron chi connectivity index (χ2n) is 9.62. The molecule has 3 aromatic rings. The lowest BCUT2D eigenvalue weighted by molar-refractivity contribution is -0.151. The van der Waals surface area contributed by atoms with Gasteiger partial charge in [0.05, 0.1) is 13.0 Å². The molecule has 4 rings (SSSR count). The van der Waals surface area contributed by atoms with E-state index < -0.39 is 24.2 Å². The molecular weight excluding hydrogens is 528 g/mol. The van der Waals surface area contributed by atoms with Crippen molar-refractivity contribution in [2.75, 3.05) is 6.61 Å². The Morgan fingerprint density at radius 1 is 1.12 bits per heavy atom. The van der Waals surface area contributed by atoms with Gasteiger partial charge in [0.2, 0.25) is 5.91 Å². The summed E-state index contributed by atoms with van der Waals surface area (Å²) in [6.45, 7) is 7.47. The van der Waals surface area contributed by atoms with Crippen LogP contribution < -0.4 is 10.6 Å². The minimum atomic E-state index is -0.985. The van der Waals surface area contributed by atoms with Crippen molar-refractivity contribution in [3.8, 4) is 17.2 Å². The van der Waals surface area contributed by atoms with Gasteiger partial charge in [-0.25, -0.2) is 14.6 Å². The van der Waals surface area contributed by atoms with Crippen molar-refractivity contribution >= 4 is 29.3 Å². The number of benzene rings is 2. The molecule has 10 heteroatoms. The number of nitriles is 1. The van der Waals surface area contributed by atoms with Gasteiger partial charge < -0.3 is 20.1 Å². The Hall–Kier alpha value is -4.49. The molecule has 0 saturated heterocycles. The molecule has 0 unspecified atom stereocenters. The van der Waals surface area contributed by atoms with E-state index in [1.54, 1.807) is 19.2 Å². The van der Waals surface area contributed by atoms with Crippen LogP contribution in [0.5, 0.6) is 0 Å². The number of rotatable bonds is 11. The minimum Gasteiger partial charge on any atom is -0.456 e. The smallest absolute Gasteiger partial charge is 0.407 e. The number of amides is 2. The highest BCUT2D eigenvalue weighted by molar-refractivity contribution is 7.09. The van der Waals surface area contributed by atoms with Gasteiger partial charge in [-0.1, -0.05) is 75.0 Å². The summed E-state index contributed by atoms with van der Waals surface area (Å²) in [6.07, 6.45) is -0.421. The van der Waals surface area contributed by atoms with Gasteiger partial charge in [0.15, 0.2) is 5.69 Å². The third-order valence-corrected chi connectivity index (χ3v) is 7.41. The summed E-state index contributed by atoms with van der Waals surface area (Å²) in [5.74, 6) is -1.48. The monoisotopic (exact) mass is 558 g/mol. The van der Waals surface area contributed by atoms with Gasteiger partial charge in [0, 0.05) is 11.3 Å². The maximum atomic E-state index is 13.0. The fraction of sp³-hybridized carbons (Fsp3) is 0.300. The van der Waals surface area contributed by atoms with Crippen LogP contribution >= 0.6 is 11.3 Å². The Morgan fingerprint density at radius 3 is 2.35 bits per heavy atom. The first-order valence-corrected chi connectivity index (χ1v) is 13.7. The second kappa shape index (κ2) is 13.0. The molecule has 0 spiro atoms. The molecule has 1 heterocycles. The molecule has 2 amide bonds. The number of nitrogens with zero attached hydrogens (tertiary/aromatic N) is 2. The normalized spacial score (nSPS) is 13.3. The Kier molecular flexibility index (Phi) is 9.30. The molecule has 0 fully saturated rings. The lowest BCUT2D eigenvalue weighted by Crippen LogP contribution is -2.46. The summed E-state index contributed by atoms with van der Waals surface area (Å²) in [7, 11) is 0. The molecule has 0 aliphatic heterocycles. The summed E-state index contributed by atoms with van der Waals surface area (Å²) in [5.41, 5.74) is 4.70. The molecule has 206 valence electrons. The van der Waals surface area contributed by atoms with Crippen molar-refractivity contribution < 1.29 is 23.9 Å². The number of fused-ring (bicyclic) bond motifs is 3. The molecule has 0 radical (unpaired) electrons. The first kappa shape index (κ1) is 28.5. The summed E-state index contributed by atoms with van der Waals surface area (Å²) < 4.78 is 11.1. The van der Waals surface area contributed by atoms with Crippen LogP contribution in [0.25, 0.3) is 11.1 Å². The molecule has 2 N–H and O–H groups in total. The van der Waals surface area contributed by atoms with Gasteiger partial charge in [-0.3, -0.25) is 4.79 Å². The number of carbonyl (C=O) groups is 3. The van der Waals surface area contributed by atoms with Crippen LogP contribution in [0.2, 0.25) is 0 Å². The minimum absolute atomic E-state index is 0.109. The largest absolute Gasteiger partial charge is 0.456 e. The van der Waals surface area contributed by atoms with E-state index >= 15 is 0 Å². The zero-order valence-electron chi connectivity index (χ0n) is 22.3. The molecule has 0 bridgehead atoms. The van der Waals surface area contributed by atoms with Gasteiger partial charge >= 0.3 is 12.1 Å². The van der Waals surface area contributed by atoms with Crippen molar-refractivity contribution in [3.05, 3.63) is 88.4 Å². The Morgan fingerprint density at radius 2 is 1.77 bits per heavy atom. The molecule has 1 aromatic heterocycles. The van der Waals surface area contributed by atoms with Crippen molar-refractivity contribution in [2.45, 2.75) is 44.9 Å². The van der Waals surface area contributed by atoms with Crippen molar-refractivity contribution in [2.24, 2.45) is 5.92 Å². The van der Waals surface area contributed by atoms with Gasteiger partial charge in [0.1, 0.15) is 29.8 Å². The Bertz CT molecular complexity index is 1400. The van der Waals surface area contributed by atoms with E-state index in [1.165, 1.54) is 17.4 Å². The molecule has 2 aromatic carbocycles. The van der Waals surface area contributed by atoms with Crippen LogP contribution in [0.4, 0.5) is 4.79 Å². The van der Waals surface area contributed by atoms with E-state index in [4.69, 9.17) is 14.7 Å². The maximum absolute atomic E-state index is 13.0. The first-order valence-electron chi connectivity index (χ1n) is 12.9. The lowest BCUT2D eigenvalue weighted by atomic mass is 9.98. The van der Waals surface area contributed by atoms with Crippen molar-refractivity contribution in [1.82, 2.24) is 15.6 Å². The maximum Gasteiger partial charge on any atom is 0.407 e. The number of ether oxygens (including phenoxy) is 2. The van der Waals surface area contributed by atoms with Gasteiger partial charge in [-0.05, 0) is 28.2 Å². The van der Waals surface area contributed by atoms with E-state index in [2.05, 4.69) is 34.3 Å². The first-order chi connectivity index (χ1) is 19.3. The average molecular weight is 559 g/mol. The number of aromatic nitrogens is 1. The van der Waals surface area contributed by atoms with Crippen LogP contribution in [0.15, 0.2) is 66.6 Å². The number of hydrogen-bond donors (Lipinski definition) is 2. The van der Waals surface area contributed by atoms with Crippen LogP contribution in [0.1, 0.15) is 48.0 Å². The highest BCUT2D eigenvalue weighted by Crippen LogP contribution is 2.44. The van der Waals surface area contributed by atoms with Crippen molar-refractivity contribution in [3.63, 3.8) is 0 Å². The van der Waals surface area contributed by atoms with Gasteiger partial charge in [-0.2, -0.15) is 5.26 Å². The van der Waals surface area contributed by atoms with E-state index in [-0.39, 0.29) is 43.0 Å². The standard InChI is InChI=1S/C30H30N4O5S/c1-4-20(13-26(35)32-15-27-33-19(14-31)17-40-27)39-29(36)28(18(2)3)34-30(37)38-16-25-23-11-7-5-9-21(23)22-10-6-8-12-24(22)25/h4-12,17-18,20,25,28H,1,13,15-16H2,2-3H3,(H,32,35)(H,34,37)/t20-,28+/m1/s1. The number of nitrogens with one attached hydrogen (secondary N) is 2. The molecule has 1 aliphatic carbocycles. The zero-order valence-corrected chi connectivity index (χ0v) is 23.1. The van der Waals surface area contributed by atoms with Crippen molar-refractivity contribution in [1.29, 1.82) is 5.26 Å². The Balaban J connectivity index is 1.30. The van der Waals surface area contributed by atoms with Gasteiger partial charge in [-0.15, -0.1) is 11.3 Å². The van der Waals surface area contributed by atoms with Crippen LogP contribution in [-0.2, 0) is 25.6 Å². The SMILES string of the molecule is C=C[C@H](CC(=O)NCc1nc(C#N)cs1)OC(=O)[C@@H](NC(=O)OCC1c2ccccc2-c2ccccc21)C(C)C. The third-order valence-electron chi connectivity index (χ3n) is 6.56. The second-order valence-corrected chi connectivity index (χ2v) is 10.6. The van der Waals surface area contributed by atoms with E-state index in [0.717, 1.165) is 22.3 Å². The predicted octanol–water partition coefficient (Wildman–Crippen LogP) is 4.68. The summed E-state index contributed by atoms with van der Waals surface area (Å²) in [5, 5.41) is 16.4. The Labute approximate surface area is 236 Å². The van der Waals surface area contributed by atoms with E-state index in [1.807, 2.05) is 42.5 Å². The topological polar surface area (TPSA) is 130 Å². The lowest BCUT2D eigenvalue weighted by Gasteiger charge is -2.23. The van der Waals surface area contributed by atoms with E-state index in [0.29, 0.717) is 5.01 Å². The fourth-order valence-electron chi connectivity index (χ4n) is 4.53. The van der Waals surface area contributed by atoms with Crippen LogP contribution in [-0.4, -0.2) is 41.7 Å². The van der Waals surface area contributed by atoms with E-state index in [9.17, 15) is 14.4 Å². The molecule has 1 aliphatic rings. The number of alkyl carbamates (subject to hydrolysis) is 1. The summed E-state index contributed by atoms with van der Waals surface area (Å²) >= 11 is 1.26. The number of hydrogen-bond acceptors (Lipinski definition) is 8. The molecular formula is C30H30N4O5S. The highest BCUT2D eigenvalue weighted by Gasteiger charge is 2.31. The average Bonchev–Trinajstić information content (AvgIpc) is 3.55. The van der Waals surface area contributed by atoms with Gasteiger partial charge in [0.25, 0.3) is 0 Å². The zero-order chi connectivity index (χ0) is 28.6. The molecule has 40 heavy (non-hydrogen) atoms. The third kappa shape index (κ3) is 6.74. The van der Waals surface area contributed by atoms with Crippen LogP contribution in [0.3, 0.4) is 0 Å². The van der Waals surface area contributed by atoms with Crippen LogP contribution in [0, 0.1) is 17.2 Å². The quantitative estimate of drug-likeness (QED) is 0.258. The molecule has 9 nitrogen and oxygen atoms in total. The predicted molar refractivity (Wildman–Crippen MR) is 150 cm³/mol. The summed E-state index contributed by atoms with van der Waals surface area (Å²) in [6, 6.07) is 17.0.